The standard InChI is InChI=1S/C19H32N4O7/c1-19(2,3)30-18(29)20-13-8-9-23(10-13)16(26)11-21(4)15(25)7-6-14(17(27)28)22(5)12-24/h12-14H,6-11H2,1-5H3,(H,20,29)(H,27,28). The van der Waals surface area contributed by atoms with Crippen LogP contribution in [-0.2, 0) is 23.9 Å². The Morgan fingerprint density at radius 3 is 2.43 bits per heavy atom. The Morgan fingerprint density at radius 2 is 1.90 bits per heavy atom. The number of amides is 4. The Bertz CT molecular complexity index is 662. The highest BCUT2D eigenvalue weighted by molar-refractivity contribution is 5.85. The van der Waals surface area contributed by atoms with Gasteiger partial charge in [-0.05, 0) is 33.6 Å². The van der Waals surface area contributed by atoms with Crippen molar-refractivity contribution < 1.29 is 33.8 Å². The minimum Gasteiger partial charge on any atom is -0.480 e. The molecule has 0 radical (unpaired) electrons. The number of carbonyl (C=O) groups excluding carboxylic acids is 4. The summed E-state index contributed by atoms with van der Waals surface area (Å²) in [6, 6.07) is -1.33. The fourth-order valence-electron chi connectivity index (χ4n) is 3.00. The monoisotopic (exact) mass is 428 g/mol. The maximum atomic E-state index is 12.5. The predicted octanol–water partition coefficient (Wildman–Crippen LogP) is -0.108. The molecule has 1 fully saturated rings. The van der Waals surface area contributed by atoms with E-state index in [9.17, 15) is 24.0 Å². The maximum Gasteiger partial charge on any atom is 0.407 e. The summed E-state index contributed by atoms with van der Waals surface area (Å²) in [6.45, 7) is 5.91. The van der Waals surface area contributed by atoms with Crippen LogP contribution in [0.25, 0.3) is 0 Å². The van der Waals surface area contributed by atoms with Gasteiger partial charge in [0.15, 0.2) is 0 Å². The lowest BCUT2D eigenvalue weighted by Gasteiger charge is -2.24. The van der Waals surface area contributed by atoms with Crippen LogP contribution in [0.15, 0.2) is 0 Å². The molecule has 0 aromatic rings. The number of aliphatic carboxylic acids is 1. The normalized spacial score (nSPS) is 17.1. The highest BCUT2D eigenvalue weighted by Crippen LogP contribution is 2.13. The number of carboxylic acids is 1. The average Bonchev–Trinajstić information content (AvgIpc) is 3.07. The van der Waals surface area contributed by atoms with E-state index in [2.05, 4.69) is 5.32 Å². The predicted molar refractivity (Wildman–Crippen MR) is 106 cm³/mol. The number of ether oxygens (including phenoxy) is 1. The van der Waals surface area contributed by atoms with E-state index in [1.54, 1.807) is 25.7 Å². The van der Waals surface area contributed by atoms with Crippen molar-refractivity contribution in [3.8, 4) is 0 Å². The minimum absolute atomic E-state index is 0.0481. The summed E-state index contributed by atoms with van der Waals surface area (Å²) in [5, 5.41) is 11.9. The quantitative estimate of drug-likeness (QED) is 0.489. The van der Waals surface area contributed by atoms with Crippen molar-refractivity contribution in [2.24, 2.45) is 0 Å². The van der Waals surface area contributed by atoms with Crippen molar-refractivity contribution in [1.82, 2.24) is 20.0 Å². The van der Waals surface area contributed by atoms with Crippen LogP contribution in [0.2, 0.25) is 0 Å². The first-order valence-corrected chi connectivity index (χ1v) is 9.75. The lowest BCUT2D eigenvalue weighted by molar-refractivity contribution is -0.146. The number of hydrogen-bond donors (Lipinski definition) is 2. The van der Waals surface area contributed by atoms with Gasteiger partial charge in [0.2, 0.25) is 18.2 Å². The minimum atomic E-state index is -1.20. The van der Waals surface area contributed by atoms with E-state index in [4.69, 9.17) is 9.84 Å². The number of hydrogen-bond acceptors (Lipinski definition) is 6. The smallest absolute Gasteiger partial charge is 0.407 e. The summed E-state index contributed by atoms with van der Waals surface area (Å²) in [5.74, 6) is -1.85. The van der Waals surface area contributed by atoms with Crippen LogP contribution in [0.3, 0.4) is 0 Å². The Morgan fingerprint density at radius 1 is 1.27 bits per heavy atom. The first kappa shape index (κ1) is 25.2. The van der Waals surface area contributed by atoms with Crippen LogP contribution in [0.4, 0.5) is 4.79 Å². The molecule has 30 heavy (non-hydrogen) atoms. The van der Waals surface area contributed by atoms with Crippen LogP contribution in [0.5, 0.6) is 0 Å². The lowest BCUT2D eigenvalue weighted by atomic mass is 10.1. The van der Waals surface area contributed by atoms with Gasteiger partial charge >= 0.3 is 12.1 Å². The van der Waals surface area contributed by atoms with Gasteiger partial charge in [0.25, 0.3) is 0 Å². The number of rotatable bonds is 9. The number of likely N-dealkylation sites (tertiary alicyclic amines) is 1. The molecule has 2 unspecified atom stereocenters. The van der Waals surface area contributed by atoms with Crippen molar-refractivity contribution in [2.75, 3.05) is 33.7 Å². The first-order chi connectivity index (χ1) is 13.8. The molecule has 1 heterocycles. The number of alkyl carbamates (subject to hydrolysis) is 1. The largest absolute Gasteiger partial charge is 0.480 e. The van der Waals surface area contributed by atoms with Gasteiger partial charge in [-0.2, -0.15) is 0 Å². The summed E-state index contributed by atoms with van der Waals surface area (Å²) in [4.78, 5) is 62.3. The first-order valence-electron chi connectivity index (χ1n) is 9.75. The van der Waals surface area contributed by atoms with E-state index in [0.717, 1.165) is 4.90 Å². The van der Waals surface area contributed by atoms with Crippen LogP contribution < -0.4 is 5.32 Å². The molecule has 2 N–H and O–H groups in total. The van der Waals surface area contributed by atoms with Gasteiger partial charge in [-0.1, -0.05) is 0 Å². The van der Waals surface area contributed by atoms with Gasteiger partial charge in [-0.25, -0.2) is 9.59 Å². The second kappa shape index (κ2) is 10.8. The van der Waals surface area contributed by atoms with Crippen molar-refractivity contribution >= 4 is 30.3 Å². The molecule has 0 spiro atoms. The molecule has 0 aliphatic carbocycles. The molecule has 11 nitrogen and oxygen atoms in total. The number of nitrogens with zero attached hydrogens (tertiary/aromatic N) is 3. The van der Waals surface area contributed by atoms with E-state index < -0.39 is 29.6 Å². The van der Waals surface area contributed by atoms with Crippen LogP contribution in [0, 0.1) is 0 Å². The SMILES string of the molecule is CN(CC(=O)N1CCC(NC(=O)OC(C)(C)C)C1)C(=O)CCC(C(=O)O)N(C)C=O. The Kier molecular flexibility index (Phi) is 9.06. The molecule has 0 aromatic heterocycles. The van der Waals surface area contributed by atoms with Crippen LogP contribution >= 0.6 is 0 Å². The molecule has 0 saturated carbocycles. The fourth-order valence-corrected chi connectivity index (χ4v) is 3.00. The van der Waals surface area contributed by atoms with Gasteiger partial charge in [0, 0.05) is 33.6 Å². The van der Waals surface area contributed by atoms with E-state index in [0.29, 0.717) is 25.9 Å². The third-order valence-corrected chi connectivity index (χ3v) is 4.63. The highest BCUT2D eigenvalue weighted by Gasteiger charge is 2.30. The third kappa shape index (κ3) is 8.26. The van der Waals surface area contributed by atoms with Gasteiger partial charge in [-0.3, -0.25) is 14.4 Å². The Balaban J connectivity index is 2.46. The van der Waals surface area contributed by atoms with Gasteiger partial charge < -0.3 is 29.9 Å². The number of likely N-dealkylation sites (N-methyl/N-ethyl adjacent to an activating group) is 2. The molecule has 11 heteroatoms. The molecule has 0 aromatic carbocycles. The zero-order valence-electron chi connectivity index (χ0n) is 18.2. The highest BCUT2D eigenvalue weighted by atomic mass is 16.6. The second-order valence-electron chi connectivity index (χ2n) is 8.38. The number of carbonyl (C=O) groups is 5. The van der Waals surface area contributed by atoms with Crippen molar-refractivity contribution in [3.63, 3.8) is 0 Å². The molecule has 170 valence electrons. The summed E-state index contributed by atoms with van der Waals surface area (Å²) in [6.07, 6.45) is 0.282. The van der Waals surface area contributed by atoms with E-state index in [1.807, 2.05) is 0 Å². The molecular weight excluding hydrogens is 396 g/mol. The maximum absolute atomic E-state index is 12.5. The van der Waals surface area contributed by atoms with Crippen LogP contribution in [0.1, 0.15) is 40.0 Å². The average molecular weight is 428 g/mol. The molecule has 1 aliphatic heterocycles. The fraction of sp³-hybridized carbons (Fsp3) is 0.737. The number of carboxylic acid groups (broad SMARTS) is 1. The third-order valence-electron chi connectivity index (χ3n) is 4.63. The van der Waals surface area contributed by atoms with Crippen molar-refractivity contribution in [1.29, 1.82) is 0 Å². The summed E-state index contributed by atoms with van der Waals surface area (Å²) in [7, 11) is 2.80. The van der Waals surface area contributed by atoms with E-state index >= 15 is 0 Å². The van der Waals surface area contributed by atoms with Crippen molar-refractivity contribution in [2.45, 2.75) is 57.7 Å². The summed E-state index contributed by atoms with van der Waals surface area (Å²) >= 11 is 0. The zero-order valence-corrected chi connectivity index (χ0v) is 18.2. The molecule has 0 bridgehead atoms. The molecule has 1 rings (SSSR count). The molecular formula is C19H32N4O7. The second-order valence-corrected chi connectivity index (χ2v) is 8.38. The summed E-state index contributed by atoms with van der Waals surface area (Å²) < 4.78 is 5.21. The van der Waals surface area contributed by atoms with Crippen molar-refractivity contribution in [3.05, 3.63) is 0 Å². The molecule has 4 amide bonds. The Hall–Kier alpha value is -2.85. The lowest BCUT2D eigenvalue weighted by Crippen LogP contribution is -2.44. The Labute approximate surface area is 176 Å². The molecule has 2 atom stereocenters. The zero-order chi connectivity index (χ0) is 23.1. The van der Waals surface area contributed by atoms with E-state index in [-0.39, 0.29) is 31.3 Å². The molecule has 1 saturated heterocycles. The van der Waals surface area contributed by atoms with Gasteiger partial charge in [0.05, 0.1) is 12.6 Å². The van der Waals surface area contributed by atoms with Gasteiger partial charge in [0.1, 0.15) is 11.6 Å². The van der Waals surface area contributed by atoms with E-state index in [1.165, 1.54) is 19.0 Å². The number of nitrogens with one attached hydrogen (secondary N) is 1. The summed E-state index contributed by atoms with van der Waals surface area (Å²) in [5.41, 5.74) is -0.610. The van der Waals surface area contributed by atoms with Gasteiger partial charge in [-0.15, -0.1) is 0 Å². The van der Waals surface area contributed by atoms with Crippen LogP contribution in [-0.4, -0.2) is 102 Å². The topological polar surface area (TPSA) is 137 Å². The molecule has 1 aliphatic rings.